The zero-order valence-electron chi connectivity index (χ0n) is 19.3. The van der Waals surface area contributed by atoms with Gasteiger partial charge in [-0.15, -0.1) is 0 Å². The molecule has 35 heavy (non-hydrogen) atoms. The van der Waals surface area contributed by atoms with Crippen LogP contribution in [0.2, 0.25) is 0 Å². The molecule has 0 aliphatic carbocycles. The molecule has 0 amide bonds. The molecule has 0 radical (unpaired) electrons. The van der Waals surface area contributed by atoms with Crippen molar-refractivity contribution in [2.75, 3.05) is 25.0 Å². The predicted molar refractivity (Wildman–Crippen MR) is 131 cm³/mol. The standard InChI is InChI=1S/C27H25FN6O/c28-23-7-8-25-20(9-12-35-25)22(23)15-31-27-30-14-21(26-24(13-29)32-17-34(26)27)19-5-3-18(4-6-19)16-33-10-1-2-11-33/h3-8,14,17H,1-2,9-12,15-16H2,(H,30,31). The third-order valence-corrected chi connectivity index (χ3v) is 6.91. The zero-order chi connectivity index (χ0) is 23.8. The van der Waals surface area contributed by atoms with Gasteiger partial charge in [-0.05, 0) is 49.2 Å². The van der Waals surface area contributed by atoms with Gasteiger partial charge in [0, 0.05) is 42.4 Å². The van der Waals surface area contributed by atoms with Crippen LogP contribution in [0, 0.1) is 17.1 Å². The molecule has 0 spiro atoms. The smallest absolute Gasteiger partial charge is 0.209 e. The molecule has 1 fully saturated rings. The Labute approximate surface area is 202 Å². The number of benzene rings is 2. The second-order valence-corrected chi connectivity index (χ2v) is 9.05. The summed E-state index contributed by atoms with van der Waals surface area (Å²) in [4.78, 5) is 11.4. The largest absolute Gasteiger partial charge is 0.493 e. The molecule has 4 heterocycles. The van der Waals surface area contributed by atoms with E-state index >= 15 is 0 Å². The minimum absolute atomic E-state index is 0.255. The van der Waals surface area contributed by atoms with Gasteiger partial charge in [0.1, 0.15) is 24.0 Å². The predicted octanol–water partition coefficient (Wildman–Crippen LogP) is 4.55. The van der Waals surface area contributed by atoms with Crippen LogP contribution in [0.1, 0.15) is 35.2 Å². The normalized spacial score (nSPS) is 15.2. The van der Waals surface area contributed by atoms with Gasteiger partial charge >= 0.3 is 0 Å². The van der Waals surface area contributed by atoms with Crippen molar-refractivity contribution < 1.29 is 9.13 Å². The molecule has 1 saturated heterocycles. The molecular formula is C27H25FN6O. The number of likely N-dealkylation sites (tertiary alicyclic amines) is 1. The highest BCUT2D eigenvalue weighted by atomic mass is 19.1. The number of nitrogens with one attached hydrogen (secondary N) is 1. The second-order valence-electron chi connectivity index (χ2n) is 9.05. The third kappa shape index (κ3) is 3.98. The molecule has 2 aliphatic rings. The van der Waals surface area contributed by atoms with Crippen LogP contribution >= 0.6 is 0 Å². The van der Waals surface area contributed by atoms with E-state index < -0.39 is 0 Å². The Morgan fingerprint density at radius 2 is 1.91 bits per heavy atom. The maximum atomic E-state index is 14.6. The first-order chi connectivity index (χ1) is 17.2. The summed E-state index contributed by atoms with van der Waals surface area (Å²) in [7, 11) is 0. The topological polar surface area (TPSA) is 78.5 Å². The van der Waals surface area contributed by atoms with Crippen LogP contribution in [-0.2, 0) is 19.5 Å². The summed E-state index contributed by atoms with van der Waals surface area (Å²) in [5, 5.41) is 12.9. The van der Waals surface area contributed by atoms with Gasteiger partial charge < -0.3 is 10.1 Å². The number of aromatic nitrogens is 3. The third-order valence-electron chi connectivity index (χ3n) is 6.91. The lowest BCUT2D eigenvalue weighted by molar-refractivity contribution is 0.331. The molecule has 7 nitrogen and oxygen atoms in total. The van der Waals surface area contributed by atoms with Crippen molar-refractivity contribution in [1.82, 2.24) is 19.3 Å². The SMILES string of the molecule is N#Cc1ncn2c(NCc3c(F)ccc4c3CCO4)ncc(-c3ccc(CN4CCCC4)cc3)c12. The monoisotopic (exact) mass is 468 g/mol. The molecule has 0 saturated carbocycles. The number of anilines is 1. The second kappa shape index (κ2) is 9.01. The molecule has 2 aromatic carbocycles. The first-order valence-corrected chi connectivity index (χ1v) is 12.0. The van der Waals surface area contributed by atoms with E-state index in [9.17, 15) is 9.65 Å². The van der Waals surface area contributed by atoms with Gasteiger partial charge in [-0.2, -0.15) is 5.26 Å². The van der Waals surface area contributed by atoms with Crippen molar-refractivity contribution in [3.8, 4) is 22.9 Å². The van der Waals surface area contributed by atoms with E-state index in [0.29, 0.717) is 35.8 Å². The van der Waals surface area contributed by atoms with E-state index in [1.165, 1.54) is 24.5 Å². The molecule has 6 rings (SSSR count). The van der Waals surface area contributed by atoms with Crippen molar-refractivity contribution in [3.05, 3.63) is 77.1 Å². The summed E-state index contributed by atoms with van der Waals surface area (Å²) in [5.41, 5.74) is 5.55. The summed E-state index contributed by atoms with van der Waals surface area (Å²) < 4.78 is 21.9. The van der Waals surface area contributed by atoms with Crippen LogP contribution in [-0.4, -0.2) is 39.0 Å². The molecule has 0 bridgehead atoms. The highest BCUT2D eigenvalue weighted by Crippen LogP contribution is 2.32. The molecular weight excluding hydrogens is 443 g/mol. The van der Waals surface area contributed by atoms with Crippen molar-refractivity contribution in [1.29, 1.82) is 5.26 Å². The van der Waals surface area contributed by atoms with E-state index in [1.807, 2.05) is 0 Å². The number of imidazole rings is 1. The summed E-state index contributed by atoms with van der Waals surface area (Å²) in [6.45, 7) is 4.09. The number of rotatable bonds is 6. The van der Waals surface area contributed by atoms with E-state index in [-0.39, 0.29) is 12.4 Å². The lowest BCUT2D eigenvalue weighted by Crippen LogP contribution is -2.18. The van der Waals surface area contributed by atoms with Crippen LogP contribution < -0.4 is 10.1 Å². The Bertz CT molecular complexity index is 1430. The molecule has 176 valence electrons. The van der Waals surface area contributed by atoms with E-state index in [4.69, 9.17) is 4.74 Å². The summed E-state index contributed by atoms with van der Waals surface area (Å²) in [6.07, 6.45) is 6.57. The van der Waals surface area contributed by atoms with E-state index in [1.54, 1.807) is 23.0 Å². The fourth-order valence-corrected chi connectivity index (χ4v) is 5.10. The number of halogens is 1. The lowest BCUT2D eigenvalue weighted by Gasteiger charge is -2.15. The van der Waals surface area contributed by atoms with Gasteiger partial charge in [0.25, 0.3) is 0 Å². The van der Waals surface area contributed by atoms with Crippen LogP contribution in [0.15, 0.2) is 48.9 Å². The Morgan fingerprint density at radius 3 is 2.71 bits per heavy atom. The Kier molecular flexibility index (Phi) is 5.55. The first-order valence-electron chi connectivity index (χ1n) is 12.0. The molecule has 1 N–H and O–H groups in total. The van der Waals surface area contributed by atoms with Gasteiger partial charge in [-0.25, -0.2) is 14.4 Å². The number of fused-ring (bicyclic) bond motifs is 2. The highest BCUT2D eigenvalue weighted by molar-refractivity contribution is 5.84. The van der Waals surface area contributed by atoms with Gasteiger partial charge in [0.2, 0.25) is 5.95 Å². The van der Waals surface area contributed by atoms with Crippen molar-refractivity contribution >= 4 is 11.5 Å². The first kappa shape index (κ1) is 21.6. The molecule has 8 heteroatoms. The van der Waals surface area contributed by atoms with E-state index in [2.05, 4.69) is 50.5 Å². The van der Waals surface area contributed by atoms with Crippen LogP contribution in [0.3, 0.4) is 0 Å². The minimum Gasteiger partial charge on any atom is -0.493 e. The summed E-state index contributed by atoms with van der Waals surface area (Å²) in [5.74, 6) is 0.963. The van der Waals surface area contributed by atoms with E-state index in [0.717, 1.165) is 42.1 Å². The number of nitriles is 1. The van der Waals surface area contributed by atoms with Gasteiger partial charge in [-0.3, -0.25) is 9.30 Å². The Morgan fingerprint density at radius 1 is 1.09 bits per heavy atom. The summed E-state index contributed by atoms with van der Waals surface area (Å²) >= 11 is 0. The van der Waals surface area contributed by atoms with Crippen molar-refractivity contribution in [2.24, 2.45) is 0 Å². The number of hydrogen-bond acceptors (Lipinski definition) is 6. The maximum absolute atomic E-state index is 14.6. The number of nitrogens with zero attached hydrogens (tertiary/aromatic N) is 5. The van der Waals surface area contributed by atoms with Crippen LogP contribution in [0.5, 0.6) is 5.75 Å². The average Bonchev–Trinajstić information content (AvgIpc) is 3.65. The Balaban J connectivity index is 1.31. The number of hydrogen-bond donors (Lipinski definition) is 1. The highest BCUT2D eigenvalue weighted by Gasteiger charge is 2.21. The fourth-order valence-electron chi connectivity index (χ4n) is 5.10. The minimum atomic E-state index is -0.271. The van der Waals surface area contributed by atoms with Gasteiger partial charge in [0.05, 0.1) is 12.1 Å². The molecule has 2 aliphatic heterocycles. The van der Waals surface area contributed by atoms with Crippen molar-refractivity contribution in [2.45, 2.75) is 32.4 Å². The quantitative estimate of drug-likeness (QED) is 0.447. The molecule has 2 aromatic heterocycles. The summed E-state index contributed by atoms with van der Waals surface area (Å²) in [6, 6.07) is 13.7. The lowest BCUT2D eigenvalue weighted by atomic mass is 10.0. The molecule has 4 aromatic rings. The van der Waals surface area contributed by atoms with Crippen molar-refractivity contribution in [3.63, 3.8) is 0 Å². The molecule has 0 atom stereocenters. The molecule has 0 unspecified atom stereocenters. The van der Waals surface area contributed by atoms with Gasteiger partial charge in [0.15, 0.2) is 5.69 Å². The number of ether oxygens (including phenoxy) is 1. The van der Waals surface area contributed by atoms with Crippen LogP contribution in [0.4, 0.5) is 10.3 Å². The Hall–Kier alpha value is -3.96. The van der Waals surface area contributed by atoms with Crippen LogP contribution in [0.25, 0.3) is 16.6 Å². The average molecular weight is 469 g/mol. The maximum Gasteiger partial charge on any atom is 0.209 e. The fraction of sp³-hybridized carbons (Fsp3) is 0.296. The zero-order valence-corrected chi connectivity index (χ0v) is 19.3. The van der Waals surface area contributed by atoms with Gasteiger partial charge in [-0.1, -0.05) is 24.3 Å².